The summed E-state index contributed by atoms with van der Waals surface area (Å²) < 4.78 is 0. The van der Waals surface area contributed by atoms with Crippen LogP contribution in [0, 0.1) is 0 Å². The SMILES string of the molecule is CCCCCN(C)C(N)=NC1CCCCC1. The number of hydrogen-bond acceptors (Lipinski definition) is 1. The molecule has 0 aliphatic heterocycles. The Kier molecular flexibility index (Phi) is 6.27. The minimum absolute atomic E-state index is 0.488. The van der Waals surface area contributed by atoms with E-state index in [4.69, 9.17) is 5.73 Å². The predicted molar refractivity (Wildman–Crippen MR) is 70.7 cm³/mol. The number of aliphatic imine (C=N–C) groups is 1. The largest absolute Gasteiger partial charge is 0.370 e. The molecule has 0 aromatic carbocycles. The molecule has 0 heterocycles. The third-order valence-electron chi connectivity index (χ3n) is 3.38. The predicted octanol–water partition coefficient (Wildman–Crippen LogP) is 2.76. The lowest BCUT2D eigenvalue weighted by Crippen LogP contribution is -2.36. The molecule has 0 spiro atoms. The molecular formula is C13H27N3. The fourth-order valence-electron chi connectivity index (χ4n) is 2.21. The minimum atomic E-state index is 0.488. The van der Waals surface area contributed by atoms with Crippen LogP contribution in [-0.2, 0) is 0 Å². The first kappa shape index (κ1) is 13.3. The zero-order chi connectivity index (χ0) is 11.8. The Morgan fingerprint density at radius 2 is 1.94 bits per heavy atom. The van der Waals surface area contributed by atoms with Crippen LogP contribution in [0.25, 0.3) is 0 Å². The van der Waals surface area contributed by atoms with Crippen molar-refractivity contribution in [2.24, 2.45) is 10.7 Å². The minimum Gasteiger partial charge on any atom is -0.370 e. The molecule has 0 radical (unpaired) electrons. The number of nitrogens with two attached hydrogens (primary N) is 1. The van der Waals surface area contributed by atoms with Crippen LogP contribution < -0.4 is 5.73 Å². The van der Waals surface area contributed by atoms with Gasteiger partial charge in [-0.1, -0.05) is 39.0 Å². The first-order valence-electron chi connectivity index (χ1n) is 6.78. The Balaban J connectivity index is 2.29. The Morgan fingerprint density at radius 3 is 2.56 bits per heavy atom. The third-order valence-corrected chi connectivity index (χ3v) is 3.38. The van der Waals surface area contributed by atoms with E-state index < -0.39 is 0 Å². The molecular weight excluding hydrogens is 198 g/mol. The van der Waals surface area contributed by atoms with E-state index in [-0.39, 0.29) is 0 Å². The summed E-state index contributed by atoms with van der Waals surface area (Å²) in [5.74, 6) is 0.739. The molecule has 0 aromatic heterocycles. The van der Waals surface area contributed by atoms with E-state index >= 15 is 0 Å². The van der Waals surface area contributed by atoms with Crippen molar-refractivity contribution in [3.8, 4) is 0 Å². The van der Waals surface area contributed by atoms with Gasteiger partial charge in [-0.3, -0.25) is 0 Å². The summed E-state index contributed by atoms with van der Waals surface area (Å²) in [6, 6.07) is 0.488. The van der Waals surface area contributed by atoms with Gasteiger partial charge in [0.2, 0.25) is 0 Å². The smallest absolute Gasteiger partial charge is 0.191 e. The second-order valence-electron chi connectivity index (χ2n) is 4.91. The molecule has 0 unspecified atom stereocenters. The Bertz CT molecular complexity index is 207. The summed E-state index contributed by atoms with van der Waals surface area (Å²) in [6.45, 7) is 3.26. The van der Waals surface area contributed by atoms with Crippen molar-refractivity contribution in [3.63, 3.8) is 0 Å². The van der Waals surface area contributed by atoms with E-state index in [0.29, 0.717) is 6.04 Å². The summed E-state index contributed by atoms with van der Waals surface area (Å²) in [5, 5.41) is 0. The van der Waals surface area contributed by atoms with Crippen LogP contribution >= 0.6 is 0 Å². The van der Waals surface area contributed by atoms with E-state index in [9.17, 15) is 0 Å². The second-order valence-corrected chi connectivity index (χ2v) is 4.91. The van der Waals surface area contributed by atoms with Gasteiger partial charge in [-0.15, -0.1) is 0 Å². The molecule has 94 valence electrons. The van der Waals surface area contributed by atoms with Crippen molar-refractivity contribution in [3.05, 3.63) is 0 Å². The first-order valence-corrected chi connectivity index (χ1v) is 6.78. The molecule has 0 bridgehead atoms. The highest BCUT2D eigenvalue weighted by atomic mass is 15.2. The van der Waals surface area contributed by atoms with E-state index in [1.807, 2.05) is 0 Å². The summed E-state index contributed by atoms with van der Waals surface area (Å²) in [7, 11) is 2.05. The lowest BCUT2D eigenvalue weighted by molar-refractivity contribution is 0.425. The average Bonchev–Trinajstić information content (AvgIpc) is 2.30. The van der Waals surface area contributed by atoms with Crippen molar-refractivity contribution in [1.29, 1.82) is 0 Å². The number of guanidine groups is 1. The van der Waals surface area contributed by atoms with Gasteiger partial charge in [0.25, 0.3) is 0 Å². The van der Waals surface area contributed by atoms with E-state index in [1.165, 1.54) is 51.4 Å². The normalized spacial score (nSPS) is 18.8. The highest BCUT2D eigenvalue weighted by Crippen LogP contribution is 2.20. The summed E-state index contributed by atoms with van der Waals surface area (Å²) >= 11 is 0. The molecule has 1 saturated carbocycles. The maximum Gasteiger partial charge on any atom is 0.191 e. The molecule has 0 amide bonds. The van der Waals surface area contributed by atoms with Crippen LogP contribution in [0.3, 0.4) is 0 Å². The van der Waals surface area contributed by atoms with Gasteiger partial charge in [-0.2, -0.15) is 0 Å². The number of hydrogen-bond donors (Lipinski definition) is 1. The number of nitrogens with zero attached hydrogens (tertiary/aromatic N) is 2. The Morgan fingerprint density at radius 1 is 1.25 bits per heavy atom. The van der Waals surface area contributed by atoms with Crippen LogP contribution in [0.2, 0.25) is 0 Å². The lowest BCUT2D eigenvalue weighted by atomic mass is 9.96. The fourth-order valence-corrected chi connectivity index (χ4v) is 2.21. The van der Waals surface area contributed by atoms with Crippen LogP contribution in [0.4, 0.5) is 0 Å². The summed E-state index contributed by atoms with van der Waals surface area (Å²) in [4.78, 5) is 6.74. The van der Waals surface area contributed by atoms with Gasteiger partial charge in [0, 0.05) is 13.6 Å². The molecule has 0 aromatic rings. The highest BCUT2D eigenvalue weighted by Gasteiger charge is 2.13. The van der Waals surface area contributed by atoms with Gasteiger partial charge < -0.3 is 10.6 Å². The molecule has 3 heteroatoms. The lowest BCUT2D eigenvalue weighted by Gasteiger charge is -2.22. The average molecular weight is 225 g/mol. The van der Waals surface area contributed by atoms with Crippen molar-refractivity contribution in [1.82, 2.24) is 4.90 Å². The van der Waals surface area contributed by atoms with Crippen LogP contribution in [0.15, 0.2) is 4.99 Å². The van der Waals surface area contributed by atoms with Gasteiger partial charge in [0.1, 0.15) is 0 Å². The Hall–Kier alpha value is -0.730. The Labute approximate surface area is 100 Å². The number of unbranched alkanes of at least 4 members (excludes halogenated alkanes) is 2. The summed E-state index contributed by atoms with van der Waals surface area (Å²) in [6.07, 6.45) is 10.2. The maximum absolute atomic E-state index is 6.01. The van der Waals surface area contributed by atoms with Crippen LogP contribution in [0.1, 0.15) is 58.3 Å². The molecule has 3 nitrogen and oxygen atoms in total. The zero-order valence-electron chi connectivity index (χ0n) is 10.9. The van der Waals surface area contributed by atoms with E-state index in [1.54, 1.807) is 0 Å². The molecule has 1 aliphatic rings. The van der Waals surface area contributed by atoms with Crippen LogP contribution in [-0.4, -0.2) is 30.5 Å². The molecule has 1 rings (SSSR count). The molecule has 1 aliphatic carbocycles. The number of rotatable bonds is 5. The van der Waals surface area contributed by atoms with Gasteiger partial charge in [-0.25, -0.2) is 4.99 Å². The zero-order valence-corrected chi connectivity index (χ0v) is 10.9. The van der Waals surface area contributed by atoms with Crippen molar-refractivity contribution < 1.29 is 0 Å². The molecule has 16 heavy (non-hydrogen) atoms. The molecule has 0 saturated heterocycles. The maximum atomic E-state index is 6.01. The monoisotopic (exact) mass is 225 g/mol. The van der Waals surface area contributed by atoms with Crippen molar-refractivity contribution in [2.45, 2.75) is 64.3 Å². The molecule has 1 fully saturated rings. The highest BCUT2D eigenvalue weighted by molar-refractivity contribution is 5.77. The summed E-state index contributed by atoms with van der Waals surface area (Å²) in [5.41, 5.74) is 6.01. The van der Waals surface area contributed by atoms with Crippen LogP contribution in [0.5, 0.6) is 0 Å². The standard InChI is InChI=1S/C13H27N3/c1-3-4-8-11-16(2)13(14)15-12-9-6-5-7-10-12/h12H,3-11H2,1-2H3,(H2,14,15). The van der Waals surface area contributed by atoms with Gasteiger partial charge >= 0.3 is 0 Å². The molecule has 2 N–H and O–H groups in total. The van der Waals surface area contributed by atoms with Gasteiger partial charge in [0.15, 0.2) is 5.96 Å². The first-order chi connectivity index (χ1) is 7.74. The van der Waals surface area contributed by atoms with Gasteiger partial charge in [-0.05, 0) is 19.3 Å². The van der Waals surface area contributed by atoms with E-state index in [2.05, 4.69) is 23.9 Å². The topological polar surface area (TPSA) is 41.6 Å². The quantitative estimate of drug-likeness (QED) is 0.444. The van der Waals surface area contributed by atoms with Crippen molar-refractivity contribution in [2.75, 3.05) is 13.6 Å². The van der Waals surface area contributed by atoms with Crippen molar-refractivity contribution >= 4 is 5.96 Å². The van der Waals surface area contributed by atoms with E-state index in [0.717, 1.165) is 12.5 Å². The van der Waals surface area contributed by atoms with Gasteiger partial charge in [0.05, 0.1) is 6.04 Å². The molecule has 0 atom stereocenters. The fraction of sp³-hybridized carbons (Fsp3) is 0.923. The second kappa shape index (κ2) is 7.53. The third kappa shape index (κ3) is 4.86.